The zero-order valence-electron chi connectivity index (χ0n) is 10.6. The van der Waals surface area contributed by atoms with E-state index in [9.17, 15) is 0 Å². The van der Waals surface area contributed by atoms with Crippen LogP contribution in [0, 0.1) is 5.92 Å². The molecule has 0 aromatic heterocycles. The first-order chi connectivity index (χ1) is 7.86. The summed E-state index contributed by atoms with van der Waals surface area (Å²) in [5.74, 6) is 1.03. The van der Waals surface area contributed by atoms with E-state index in [1.807, 2.05) is 0 Å². The summed E-state index contributed by atoms with van der Waals surface area (Å²) in [7, 11) is 0. The highest BCUT2D eigenvalue weighted by Crippen LogP contribution is 2.38. The first-order valence-corrected chi connectivity index (χ1v) is 7.35. The van der Waals surface area contributed by atoms with Crippen LogP contribution in [-0.2, 0) is 0 Å². The molecule has 1 saturated carbocycles. The Morgan fingerprint density at radius 3 is 2.62 bits per heavy atom. The Balaban J connectivity index is 1.66. The van der Waals surface area contributed by atoms with Crippen LogP contribution in [0.5, 0.6) is 0 Å². The third-order valence-corrected chi connectivity index (χ3v) is 4.98. The molecule has 0 bridgehead atoms. The van der Waals surface area contributed by atoms with Gasteiger partial charge < -0.3 is 5.32 Å². The third-order valence-electron chi connectivity index (χ3n) is 4.98. The Bertz CT molecular complexity index is 221. The van der Waals surface area contributed by atoms with Crippen molar-refractivity contribution >= 4 is 0 Å². The summed E-state index contributed by atoms with van der Waals surface area (Å²) in [6, 6.07) is 2.51. The Labute approximate surface area is 99.8 Å². The Morgan fingerprint density at radius 1 is 1.06 bits per heavy atom. The van der Waals surface area contributed by atoms with E-state index in [4.69, 9.17) is 0 Å². The van der Waals surface area contributed by atoms with Gasteiger partial charge in [-0.1, -0.05) is 6.42 Å². The monoisotopic (exact) mass is 222 g/mol. The minimum Gasteiger partial charge on any atom is -0.312 e. The quantitative estimate of drug-likeness (QED) is 0.789. The number of nitrogens with one attached hydrogen (secondary N) is 1. The Morgan fingerprint density at radius 2 is 1.94 bits per heavy atom. The van der Waals surface area contributed by atoms with Crippen molar-refractivity contribution in [1.82, 2.24) is 10.2 Å². The van der Waals surface area contributed by atoms with Gasteiger partial charge in [0.25, 0.3) is 0 Å². The summed E-state index contributed by atoms with van der Waals surface area (Å²) in [5, 5.41) is 3.73. The van der Waals surface area contributed by atoms with Crippen LogP contribution in [0.2, 0.25) is 0 Å². The summed E-state index contributed by atoms with van der Waals surface area (Å²) in [6.07, 6.45) is 10.1. The van der Waals surface area contributed by atoms with Crippen molar-refractivity contribution in [1.29, 1.82) is 0 Å². The second-order valence-electron chi connectivity index (χ2n) is 6.08. The fourth-order valence-corrected chi connectivity index (χ4v) is 3.81. The molecule has 2 heteroatoms. The molecule has 1 N–H and O–H groups in total. The average molecular weight is 222 g/mol. The van der Waals surface area contributed by atoms with Crippen LogP contribution >= 0.6 is 0 Å². The minimum atomic E-state index is 0.807. The molecular weight excluding hydrogens is 196 g/mol. The molecule has 3 fully saturated rings. The molecule has 3 unspecified atom stereocenters. The predicted octanol–water partition coefficient (Wildman–Crippen LogP) is 2.39. The lowest BCUT2D eigenvalue weighted by Gasteiger charge is -2.43. The number of nitrogens with zero attached hydrogens (tertiary/aromatic N) is 1. The zero-order valence-corrected chi connectivity index (χ0v) is 10.6. The van der Waals surface area contributed by atoms with Crippen LogP contribution in [-0.4, -0.2) is 36.1 Å². The first-order valence-electron chi connectivity index (χ1n) is 7.35. The molecule has 0 radical (unpaired) electrons. The molecule has 0 spiro atoms. The second kappa shape index (κ2) is 4.66. The van der Waals surface area contributed by atoms with E-state index in [0.29, 0.717) is 0 Å². The number of hydrogen-bond donors (Lipinski definition) is 1. The topological polar surface area (TPSA) is 15.3 Å². The normalized spacial score (nSPS) is 38.8. The van der Waals surface area contributed by atoms with Gasteiger partial charge in [-0.3, -0.25) is 4.90 Å². The molecule has 1 aliphatic carbocycles. The molecule has 3 rings (SSSR count). The number of hydrogen-bond acceptors (Lipinski definition) is 2. The summed E-state index contributed by atoms with van der Waals surface area (Å²) >= 11 is 0. The Kier molecular flexibility index (Phi) is 3.21. The molecule has 3 atom stereocenters. The van der Waals surface area contributed by atoms with E-state index in [-0.39, 0.29) is 0 Å². The van der Waals surface area contributed by atoms with Gasteiger partial charge in [-0.05, 0) is 64.5 Å². The van der Waals surface area contributed by atoms with Crippen LogP contribution < -0.4 is 5.32 Å². The predicted molar refractivity (Wildman–Crippen MR) is 67.6 cm³/mol. The van der Waals surface area contributed by atoms with E-state index < -0.39 is 0 Å². The third kappa shape index (κ3) is 2.14. The van der Waals surface area contributed by atoms with Gasteiger partial charge in [0.2, 0.25) is 0 Å². The molecule has 0 aromatic rings. The summed E-state index contributed by atoms with van der Waals surface area (Å²) < 4.78 is 0. The molecule has 2 heterocycles. The van der Waals surface area contributed by atoms with Crippen molar-refractivity contribution in [2.45, 2.75) is 70.0 Å². The molecule has 2 aliphatic heterocycles. The van der Waals surface area contributed by atoms with Crippen molar-refractivity contribution in [2.75, 3.05) is 13.1 Å². The molecule has 16 heavy (non-hydrogen) atoms. The van der Waals surface area contributed by atoms with Crippen molar-refractivity contribution in [3.63, 3.8) is 0 Å². The van der Waals surface area contributed by atoms with Gasteiger partial charge in [0.1, 0.15) is 0 Å². The van der Waals surface area contributed by atoms with Crippen LogP contribution in [0.4, 0.5) is 0 Å². The summed E-state index contributed by atoms with van der Waals surface area (Å²) in [4.78, 5) is 2.85. The van der Waals surface area contributed by atoms with Crippen LogP contribution in [0.25, 0.3) is 0 Å². The highest BCUT2D eigenvalue weighted by atomic mass is 15.2. The van der Waals surface area contributed by atoms with Crippen LogP contribution in [0.15, 0.2) is 0 Å². The highest BCUT2D eigenvalue weighted by Gasteiger charge is 2.39. The van der Waals surface area contributed by atoms with E-state index in [1.165, 1.54) is 58.0 Å². The van der Waals surface area contributed by atoms with Gasteiger partial charge >= 0.3 is 0 Å². The van der Waals surface area contributed by atoms with Gasteiger partial charge in [0, 0.05) is 18.1 Å². The maximum absolute atomic E-state index is 3.73. The van der Waals surface area contributed by atoms with Gasteiger partial charge in [0.05, 0.1) is 0 Å². The molecule has 0 aromatic carbocycles. The van der Waals surface area contributed by atoms with Crippen LogP contribution in [0.3, 0.4) is 0 Å². The summed E-state index contributed by atoms with van der Waals surface area (Å²) in [6.45, 7) is 5.10. The van der Waals surface area contributed by atoms with Gasteiger partial charge in [0.15, 0.2) is 0 Å². The lowest BCUT2D eigenvalue weighted by Crippen LogP contribution is -2.53. The number of likely N-dealkylation sites (tertiary alicyclic amines) is 1. The highest BCUT2D eigenvalue weighted by molar-refractivity contribution is 4.95. The molecule has 2 saturated heterocycles. The maximum atomic E-state index is 3.73. The van der Waals surface area contributed by atoms with Crippen molar-refractivity contribution in [2.24, 2.45) is 5.92 Å². The fourth-order valence-electron chi connectivity index (χ4n) is 3.81. The van der Waals surface area contributed by atoms with Crippen molar-refractivity contribution in [3.8, 4) is 0 Å². The van der Waals surface area contributed by atoms with Gasteiger partial charge in [-0.15, -0.1) is 0 Å². The molecule has 3 aliphatic rings. The maximum Gasteiger partial charge on any atom is 0.0252 e. The zero-order chi connectivity index (χ0) is 11.0. The number of piperidine rings is 1. The van der Waals surface area contributed by atoms with E-state index in [2.05, 4.69) is 17.1 Å². The smallest absolute Gasteiger partial charge is 0.0252 e. The molecule has 0 amide bonds. The fraction of sp³-hybridized carbons (Fsp3) is 1.00. The minimum absolute atomic E-state index is 0.807. The standard InChI is InChI=1S/C14H26N2/c1-11(12-7-8-12)16-10-3-2-6-14(16)13-5-4-9-15-13/h11-15H,2-10H2,1H3. The van der Waals surface area contributed by atoms with Crippen molar-refractivity contribution in [3.05, 3.63) is 0 Å². The summed E-state index contributed by atoms with van der Waals surface area (Å²) in [5.41, 5.74) is 0. The second-order valence-corrected chi connectivity index (χ2v) is 6.08. The van der Waals surface area contributed by atoms with Crippen LogP contribution in [0.1, 0.15) is 51.9 Å². The average Bonchev–Trinajstić information content (AvgIpc) is 3.04. The van der Waals surface area contributed by atoms with Gasteiger partial charge in [-0.2, -0.15) is 0 Å². The van der Waals surface area contributed by atoms with E-state index >= 15 is 0 Å². The Hall–Kier alpha value is -0.0800. The lowest BCUT2D eigenvalue weighted by atomic mass is 9.92. The van der Waals surface area contributed by atoms with Crippen molar-refractivity contribution < 1.29 is 0 Å². The lowest BCUT2D eigenvalue weighted by molar-refractivity contribution is 0.0707. The SMILES string of the molecule is CC(C1CC1)N1CCCCC1C1CCCN1. The van der Waals surface area contributed by atoms with Gasteiger partial charge in [-0.25, -0.2) is 0 Å². The molecule has 92 valence electrons. The number of rotatable bonds is 3. The molecule has 2 nitrogen and oxygen atoms in total. The van der Waals surface area contributed by atoms with E-state index in [0.717, 1.165) is 24.0 Å². The first kappa shape index (κ1) is 11.0. The molecular formula is C14H26N2. The van der Waals surface area contributed by atoms with E-state index in [1.54, 1.807) is 0 Å². The largest absolute Gasteiger partial charge is 0.312 e.